The van der Waals surface area contributed by atoms with Gasteiger partial charge in [0.15, 0.2) is 0 Å². The Hall–Kier alpha value is -1.71. The van der Waals surface area contributed by atoms with Gasteiger partial charge < -0.3 is 14.9 Å². The average molecular weight is 308 g/mol. The lowest BCUT2D eigenvalue weighted by Crippen LogP contribution is -2.02. The minimum Gasteiger partial charge on any atom is -0.507 e. The SMILES string of the molecule is CCOc1cc(CCCCCCC(C)C)c(O)c(C(=O)O)c1. The van der Waals surface area contributed by atoms with Crippen molar-refractivity contribution in [2.45, 2.75) is 59.3 Å². The number of carboxylic acid groups (broad SMARTS) is 1. The normalized spacial score (nSPS) is 10.9. The summed E-state index contributed by atoms with van der Waals surface area (Å²) in [5.41, 5.74) is 0.577. The first-order valence-electron chi connectivity index (χ1n) is 8.17. The first-order chi connectivity index (χ1) is 10.5. The maximum absolute atomic E-state index is 11.2. The van der Waals surface area contributed by atoms with Crippen molar-refractivity contribution in [1.82, 2.24) is 0 Å². The van der Waals surface area contributed by atoms with Gasteiger partial charge in [-0.3, -0.25) is 0 Å². The zero-order valence-electron chi connectivity index (χ0n) is 13.9. The monoisotopic (exact) mass is 308 g/mol. The molecule has 4 nitrogen and oxygen atoms in total. The summed E-state index contributed by atoms with van der Waals surface area (Å²) in [6.07, 6.45) is 6.36. The fraction of sp³-hybridized carbons (Fsp3) is 0.611. The van der Waals surface area contributed by atoms with Crippen molar-refractivity contribution in [2.75, 3.05) is 6.61 Å². The van der Waals surface area contributed by atoms with Crippen LogP contribution in [0.3, 0.4) is 0 Å². The van der Waals surface area contributed by atoms with Crippen molar-refractivity contribution in [1.29, 1.82) is 0 Å². The van der Waals surface area contributed by atoms with Crippen LogP contribution in [0.2, 0.25) is 0 Å². The molecule has 0 saturated carbocycles. The number of hydrogen-bond donors (Lipinski definition) is 2. The van der Waals surface area contributed by atoms with Gasteiger partial charge in [0.05, 0.1) is 6.61 Å². The summed E-state index contributed by atoms with van der Waals surface area (Å²) in [5.74, 6) is -0.00655. The molecule has 0 heterocycles. The lowest BCUT2D eigenvalue weighted by molar-refractivity contribution is 0.0693. The molecule has 0 radical (unpaired) electrons. The highest BCUT2D eigenvalue weighted by molar-refractivity contribution is 5.91. The fourth-order valence-corrected chi connectivity index (χ4v) is 2.49. The van der Waals surface area contributed by atoms with Crippen LogP contribution in [0.4, 0.5) is 0 Å². The molecule has 2 N–H and O–H groups in total. The maximum Gasteiger partial charge on any atom is 0.339 e. The van der Waals surface area contributed by atoms with Crippen molar-refractivity contribution in [2.24, 2.45) is 5.92 Å². The van der Waals surface area contributed by atoms with Crippen LogP contribution in [-0.4, -0.2) is 22.8 Å². The number of hydrogen-bond acceptors (Lipinski definition) is 3. The van der Waals surface area contributed by atoms with Crippen LogP contribution < -0.4 is 4.74 Å². The van der Waals surface area contributed by atoms with E-state index in [0.717, 1.165) is 18.8 Å². The molecule has 1 aromatic carbocycles. The van der Waals surface area contributed by atoms with E-state index in [-0.39, 0.29) is 11.3 Å². The van der Waals surface area contributed by atoms with Crippen LogP contribution in [0.25, 0.3) is 0 Å². The third kappa shape index (κ3) is 5.96. The van der Waals surface area contributed by atoms with E-state index in [1.54, 1.807) is 6.07 Å². The van der Waals surface area contributed by atoms with E-state index in [9.17, 15) is 9.90 Å². The molecule has 22 heavy (non-hydrogen) atoms. The van der Waals surface area contributed by atoms with Gasteiger partial charge in [-0.2, -0.15) is 0 Å². The minimum absolute atomic E-state index is 0.0826. The van der Waals surface area contributed by atoms with Crippen molar-refractivity contribution >= 4 is 5.97 Å². The fourth-order valence-electron chi connectivity index (χ4n) is 2.49. The third-order valence-corrected chi connectivity index (χ3v) is 3.68. The largest absolute Gasteiger partial charge is 0.507 e. The summed E-state index contributed by atoms with van der Waals surface area (Å²) in [7, 11) is 0. The quantitative estimate of drug-likeness (QED) is 0.618. The molecule has 0 aliphatic heterocycles. The zero-order valence-corrected chi connectivity index (χ0v) is 13.9. The van der Waals surface area contributed by atoms with Crippen molar-refractivity contribution in [3.8, 4) is 11.5 Å². The third-order valence-electron chi connectivity index (χ3n) is 3.68. The van der Waals surface area contributed by atoms with Crippen molar-refractivity contribution < 1.29 is 19.7 Å². The number of phenols is 1. The van der Waals surface area contributed by atoms with Crippen LogP contribution in [-0.2, 0) is 6.42 Å². The number of ether oxygens (including phenoxy) is 1. The predicted molar refractivity (Wildman–Crippen MR) is 87.9 cm³/mol. The van der Waals surface area contributed by atoms with Crippen molar-refractivity contribution in [3.63, 3.8) is 0 Å². The second-order valence-electron chi connectivity index (χ2n) is 6.06. The van der Waals surface area contributed by atoms with Crippen LogP contribution in [0, 0.1) is 5.92 Å². The van der Waals surface area contributed by atoms with E-state index in [2.05, 4.69) is 13.8 Å². The molecule has 0 atom stereocenters. The molecule has 4 heteroatoms. The Kier molecular flexibility index (Phi) is 7.78. The molecule has 0 bridgehead atoms. The summed E-state index contributed by atoms with van der Waals surface area (Å²) >= 11 is 0. The zero-order chi connectivity index (χ0) is 16.5. The summed E-state index contributed by atoms with van der Waals surface area (Å²) in [5, 5.41) is 19.3. The van der Waals surface area contributed by atoms with Crippen LogP contribution >= 0.6 is 0 Å². The molecular formula is C18H28O4. The number of rotatable bonds is 10. The Morgan fingerprint density at radius 3 is 2.45 bits per heavy atom. The number of aromatic hydroxyl groups is 1. The lowest BCUT2D eigenvalue weighted by Gasteiger charge is -2.11. The highest BCUT2D eigenvalue weighted by Gasteiger charge is 2.16. The first-order valence-corrected chi connectivity index (χ1v) is 8.17. The Bertz CT molecular complexity index is 480. The van der Waals surface area contributed by atoms with E-state index in [1.807, 2.05) is 6.92 Å². The summed E-state index contributed by atoms with van der Waals surface area (Å²) < 4.78 is 5.39. The second-order valence-corrected chi connectivity index (χ2v) is 6.06. The summed E-state index contributed by atoms with van der Waals surface area (Å²) in [4.78, 5) is 11.2. The standard InChI is InChI=1S/C18H28O4/c1-4-22-15-11-14(17(19)16(12-15)18(20)21)10-8-6-5-7-9-13(2)3/h11-13,19H,4-10H2,1-3H3,(H,20,21). The van der Waals surface area contributed by atoms with Gasteiger partial charge >= 0.3 is 5.97 Å². The number of aromatic carboxylic acids is 1. The molecule has 0 unspecified atom stereocenters. The molecule has 0 amide bonds. The van der Waals surface area contributed by atoms with Gasteiger partial charge in [0.1, 0.15) is 17.1 Å². The van der Waals surface area contributed by atoms with E-state index in [4.69, 9.17) is 9.84 Å². The second kappa shape index (κ2) is 9.34. The molecule has 0 fully saturated rings. The summed E-state index contributed by atoms with van der Waals surface area (Å²) in [6.45, 7) is 6.77. The Morgan fingerprint density at radius 2 is 1.86 bits per heavy atom. The van der Waals surface area contributed by atoms with Gasteiger partial charge in [-0.15, -0.1) is 0 Å². The van der Waals surface area contributed by atoms with Gasteiger partial charge in [0.2, 0.25) is 0 Å². The molecule has 124 valence electrons. The van der Waals surface area contributed by atoms with Crippen molar-refractivity contribution in [3.05, 3.63) is 23.3 Å². The minimum atomic E-state index is -1.13. The van der Waals surface area contributed by atoms with Gasteiger partial charge in [-0.05, 0) is 43.4 Å². The van der Waals surface area contributed by atoms with Crippen LogP contribution in [0.5, 0.6) is 11.5 Å². The number of benzene rings is 1. The van der Waals surface area contributed by atoms with E-state index in [0.29, 0.717) is 24.3 Å². The van der Waals surface area contributed by atoms with Gasteiger partial charge in [0.25, 0.3) is 0 Å². The molecule has 0 saturated heterocycles. The molecule has 1 aromatic rings. The molecule has 0 aromatic heterocycles. The molecule has 0 aliphatic rings. The van der Waals surface area contributed by atoms with E-state index < -0.39 is 5.97 Å². The number of carboxylic acids is 1. The Morgan fingerprint density at radius 1 is 1.18 bits per heavy atom. The molecule has 0 spiro atoms. The molecular weight excluding hydrogens is 280 g/mol. The van der Waals surface area contributed by atoms with Gasteiger partial charge in [0, 0.05) is 0 Å². The smallest absolute Gasteiger partial charge is 0.339 e. The number of aryl methyl sites for hydroxylation is 1. The Balaban J connectivity index is 2.62. The van der Waals surface area contributed by atoms with Gasteiger partial charge in [-0.25, -0.2) is 4.79 Å². The maximum atomic E-state index is 11.2. The van der Waals surface area contributed by atoms with Gasteiger partial charge in [-0.1, -0.05) is 39.5 Å². The first kappa shape index (κ1) is 18.3. The highest BCUT2D eigenvalue weighted by Crippen LogP contribution is 2.30. The van der Waals surface area contributed by atoms with Crippen LogP contribution in [0.1, 0.15) is 68.8 Å². The highest BCUT2D eigenvalue weighted by atomic mass is 16.5. The Labute approximate surface area is 133 Å². The molecule has 0 aliphatic carbocycles. The average Bonchev–Trinajstić information content (AvgIpc) is 2.45. The number of carbonyl (C=O) groups is 1. The van der Waals surface area contributed by atoms with E-state index >= 15 is 0 Å². The topological polar surface area (TPSA) is 66.8 Å². The lowest BCUT2D eigenvalue weighted by atomic mass is 10.00. The van der Waals surface area contributed by atoms with Crippen LogP contribution in [0.15, 0.2) is 12.1 Å². The summed E-state index contributed by atoms with van der Waals surface area (Å²) in [6, 6.07) is 3.13. The molecule has 1 rings (SSSR count). The predicted octanol–water partition coefficient (Wildman–Crippen LogP) is 4.64. The number of unbranched alkanes of at least 4 members (excludes halogenated alkanes) is 3. The van der Waals surface area contributed by atoms with E-state index in [1.165, 1.54) is 25.3 Å².